The molecule has 0 aliphatic rings. The lowest BCUT2D eigenvalue weighted by atomic mass is 10.0. The summed E-state index contributed by atoms with van der Waals surface area (Å²) in [5.74, 6) is 0.818. The molecule has 2 aromatic rings. The number of aryl methyl sites for hydroxylation is 1. The zero-order valence-electron chi connectivity index (χ0n) is 9.84. The minimum Gasteiger partial charge on any atom is -0.496 e. The highest BCUT2D eigenvalue weighted by atomic mass is 79.9. The molecule has 5 heteroatoms. The molecule has 0 aliphatic heterocycles. The van der Waals surface area contributed by atoms with E-state index in [1.807, 2.05) is 25.1 Å². The topological polar surface area (TPSA) is 9.23 Å². The molecule has 0 bridgehead atoms. The van der Waals surface area contributed by atoms with Crippen LogP contribution in [-0.2, 0) is 0 Å². The normalized spacial score (nSPS) is 12.5. The number of ether oxygens (including phenoxy) is 1. The maximum Gasteiger partial charge on any atom is 0.124 e. The summed E-state index contributed by atoms with van der Waals surface area (Å²) in [6.07, 6.45) is 0. The maximum absolute atomic E-state index is 6.54. The predicted molar refractivity (Wildman–Crippen MR) is 85.1 cm³/mol. The summed E-state index contributed by atoms with van der Waals surface area (Å²) in [6.45, 7) is 2.03. The molecule has 0 aliphatic carbocycles. The van der Waals surface area contributed by atoms with E-state index >= 15 is 0 Å². The number of hydrogen-bond donors (Lipinski definition) is 0. The Balaban J connectivity index is 2.46. The molecule has 0 radical (unpaired) electrons. The summed E-state index contributed by atoms with van der Waals surface area (Å²) in [5, 5.41) is 1.84. The fraction of sp³-hybridized carbons (Fsp3) is 0.231. The van der Waals surface area contributed by atoms with Crippen LogP contribution in [0.4, 0.5) is 0 Å². The van der Waals surface area contributed by atoms with Crippen molar-refractivity contribution in [2.45, 2.75) is 12.3 Å². The lowest BCUT2D eigenvalue weighted by Gasteiger charge is -2.15. The fourth-order valence-corrected chi connectivity index (χ4v) is 3.62. The fourth-order valence-electron chi connectivity index (χ4n) is 1.68. The molecule has 0 spiro atoms. The largest absolute Gasteiger partial charge is 0.496 e. The molecule has 1 unspecified atom stereocenters. The van der Waals surface area contributed by atoms with E-state index < -0.39 is 0 Å². The number of rotatable bonds is 3. The van der Waals surface area contributed by atoms with Crippen molar-refractivity contribution in [2.75, 3.05) is 7.11 Å². The van der Waals surface area contributed by atoms with Crippen molar-refractivity contribution in [3.63, 3.8) is 0 Å². The van der Waals surface area contributed by atoms with Gasteiger partial charge in [0.25, 0.3) is 0 Å². The van der Waals surface area contributed by atoms with Crippen LogP contribution in [0.25, 0.3) is 0 Å². The molecule has 1 heterocycles. The lowest BCUT2D eigenvalue weighted by Crippen LogP contribution is -1.97. The van der Waals surface area contributed by atoms with Crippen LogP contribution in [0.3, 0.4) is 0 Å². The summed E-state index contributed by atoms with van der Waals surface area (Å²) in [5.41, 5.74) is 3.18. The molecular weight excluding hydrogens is 399 g/mol. The van der Waals surface area contributed by atoms with Gasteiger partial charge in [-0.25, -0.2) is 0 Å². The highest BCUT2D eigenvalue weighted by Crippen LogP contribution is 2.40. The highest BCUT2D eigenvalue weighted by molar-refractivity contribution is 9.11. The van der Waals surface area contributed by atoms with Gasteiger partial charge in [-0.3, -0.25) is 0 Å². The number of halogens is 3. The average Bonchev–Trinajstić information content (AvgIpc) is 2.78. The molecule has 0 N–H and O–H groups in total. The quantitative estimate of drug-likeness (QED) is 0.571. The second kappa shape index (κ2) is 5.95. The number of methoxy groups -OCH3 is 1. The molecule has 0 saturated carbocycles. The van der Waals surface area contributed by atoms with Gasteiger partial charge in [0.15, 0.2) is 0 Å². The highest BCUT2D eigenvalue weighted by Gasteiger charge is 2.18. The van der Waals surface area contributed by atoms with E-state index in [-0.39, 0.29) is 5.38 Å². The minimum atomic E-state index is -0.209. The maximum atomic E-state index is 6.54. The second-order valence-corrected chi connectivity index (χ2v) is 7.47. The summed E-state index contributed by atoms with van der Waals surface area (Å²) in [7, 11) is 1.67. The van der Waals surface area contributed by atoms with E-state index in [2.05, 4.69) is 37.2 Å². The van der Waals surface area contributed by atoms with Gasteiger partial charge in [0.1, 0.15) is 5.75 Å². The zero-order valence-corrected chi connectivity index (χ0v) is 14.6. The van der Waals surface area contributed by atoms with Gasteiger partial charge in [-0.05, 0) is 57.6 Å². The van der Waals surface area contributed by atoms with E-state index in [0.717, 1.165) is 30.7 Å². The molecule has 18 heavy (non-hydrogen) atoms. The van der Waals surface area contributed by atoms with Crippen molar-refractivity contribution in [3.05, 3.63) is 48.5 Å². The smallest absolute Gasteiger partial charge is 0.124 e. The third-order valence-electron chi connectivity index (χ3n) is 2.66. The molecule has 2 rings (SSSR count). The van der Waals surface area contributed by atoms with Crippen LogP contribution in [-0.4, -0.2) is 7.11 Å². The Bertz CT molecular complexity index is 568. The van der Waals surface area contributed by atoms with E-state index in [9.17, 15) is 0 Å². The number of thiophene rings is 1. The Morgan fingerprint density at radius 2 is 2.00 bits per heavy atom. The Labute approximate surface area is 132 Å². The summed E-state index contributed by atoms with van der Waals surface area (Å²) >= 11 is 15.2. The van der Waals surface area contributed by atoms with Crippen LogP contribution in [0.5, 0.6) is 5.75 Å². The van der Waals surface area contributed by atoms with E-state index in [1.54, 1.807) is 18.4 Å². The Kier molecular flexibility index (Phi) is 4.75. The zero-order chi connectivity index (χ0) is 13.3. The van der Waals surface area contributed by atoms with Gasteiger partial charge in [-0.15, -0.1) is 22.9 Å². The second-order valence-electron chi connectivity index (χ2n) is 3.89. The Hall–Kier alpha value is -0.0300. The van der Waals surface area contributed by atoms with Gasteiger partial charge in [0, 0.05) is 10.0 Å². The lowest BCUT2D eigenvalue weighted by molar-refractivity contribution is 0.409. The standard InChI is InChI=1S/C13H11Br2ClOS/c1-7-3-11(17-2)9(5-10(7)14)13(16)8-4-12(15)18-6-8/h3-6,13H,1-2H3. The first-order valence-electron chi connectivity index (χ1n) is 5.25. The number of benzene rings is 1. The first-order chi connectivity index (χ1) is 8.52. The van der Waals surface area contributed by atoms with Gasteiger partial charge < -0.3 is 4.74 Å². The van der Waals surface area contributed by atoms with Crippen LogP contribution in [0.1, 0.15) is 22.1 Å². The first kappa shape index (κ1) is 14.4. The van der Waals surface area contributed by atoms with E-state index in [1.165, 1.54) is 0 Å². The van der Waals surface area contributed by atoms with Crippen LogP contribution in [0, 0.1) is 6.92 Å². The third-order valence-corrected chi connectivity index (χ3v) is 5.53. The molecule has 1 atom stereocenters. The SMILES string of the molecule is COc1cc(C)c(Br)cc1C(Cl)c1csc(Br)c1. The van der Waals surface area contributed by atoms with Crippen molar-refractivity contribution in [2.24, 2.45) is 0 Å². The average molecular weight is 411 g/mol. The van der Waals surface area contributed by atoms with E-state index in [4.69, 9.17) is 16.3 Å². The summed E-state index contributed by atoms with van der Waals surface area (Å²) in [6, 6.07) is 6.06. The Morgan fingerprint density at radius 1 is 1.28 bits per heavy atom. The van der Waals surface area contributed by atoms with Gasteiger partial charge in [0.05, 0.1) is 16.3 Å². The molecule has 0 saturated heterocycles. The van der Waals surface area contributed by atoms with Crippen molar-refractivity contribution in [1.82, 2.24) is 0 Å². The van der Waals surface area contributed by atoms with Gasteiger partial charge in [-0.1, -0.05) is 15.9 Å². The van der Waals surface area contributed by atoms with E-state index in [0.29, 0.717) is 0 Å². The van der Waals surface area contributed by atoms with Crippen LogP contribution < -0.4 is 4.74 Å². The molecular formula is C13H11Br2ClOS. The first-order valence-corrected chi connectivity index (χ1v) is 8.15. The molecule has 0 amide bonds. The Morgan fingerprint density at radius 3 is 2.56 bits per heavy atom. The van der Waals surface area contributed by atoms with Gasteiger partial charge in [0.2, 0.25) is 0 Å². The monoisotopic (exact) mass is 408 g/mol. The van der Waals surface area contributed by atoms with Crippen molar-refractivity contribution in [1.29, 1.82) is 0 Å². The molecule has 0 fully saturated rings. The van der Waals surface area contributed by atoms with Crippen LogP contribution in [0.15, 0.2) is 31.8 Å². The summed E-state index contributed by atoms with van der Waals surface area (Å²) in [4.78, 5) is 0. The summed E-state index contributed by atoms with van der Waals surface area (Å²) < 4.78 is 7.53. The number of hydrogen-bond acceptors (Lipinski definition) is 2. The predicted octanol–water partition coefficient (Wildman–Crippen LogP) is 5.92. The van der Waals surface area contributed by atoms with Crippen molar-refractivity contribution >= 4 is 54.8 Å². The van der Waals surface area contributed by atoms with Gasteiger partial charge >= 0.3 is 0 Å². The molecule has 1 aromatic carbocycles. The van der Waals surface area contributed by atoms with Crippen LogP contribution in [0.2, 0.25) is 0 Å². The molecule has 96 valence electrons. The number of alkyl halides is 1. The van der Waals surface area contributed by atoms with Gasteiger partial charge in [-0.2, -0.15) is 0 Å². The minimum absolute atomic E-state index is 0.209. The van der Waals surface area contributed by atoms with Crippen LogP contribution >= 0.6 is 54.8 Å². The van der Waals surface area contributed by atoms with Crippen molar-refractivity contribution < 1.29 is 4.74 Å². The van der Waals surface area contributed by atoms with Crippen molar-refractivity contribution in [3.8, 4) is 5.75 Å². The molecule has 1 aromatic heterocycles. The third kappa shape index (κ3) is 2.93. The molecule has 1 nitrogen and oxygen atoms in total.